The van der Waals surface area contributed by atoms with Gasteiger partial charge < -0.3 is 10.2 Å². The van der Waals surface area contributed by atoms with E-state index in [1.165, 1.54) is 58.0 Å². The standard InChI is InChI=1S/C16H32N2/c1-4-6-13(3)12-18(9-5-2)16-10-14-7-8-15(11-16)17-14/h13-17H,4-12H2,1-3H3. The van der Waals surface area contributed by atoms with Crippen molar-refractivity contribution in [3.8, 4) is 0 Å². The van der Waals surface area contributed by atoms with Gasteiger partial charge in [-0.1, -0.05) is 27.2 Å². The molecule has 0 radical (unpaired) electrons. The monoisotopic (exact) mass is 252 g/mol. The van der Waals surface area contributed by atoms with Crippen LogP contribution in [0.2, 0.25) is 0 Å². The number of nitrogens with one attached hydrogen (secondary N) is 1. The second kappa shape index (κ2) is 6.91. The van der Waals surface area contributed by atoms with Crippen molar-refractivity contribution >= 4 is 0 Å². The highest BCUT2D eigenvalue weighted by molar-refractivity contribution is 4.95. The Morgan fingerprint density at radius 2 is 1.78 bits per heavy atom. The smallest absolute Gasteiger partial charge is 0.0125 e. The van der Waals surface area contributed by atoms with Gasteiger partial charge in [0.1, 0.15) is 0 Å². The highest BCUT2D eigenvalue weighted by Crippen LogP contribution is 2.30. The molecule has 18 heavy (non-hydrogen) atoms. The van der Waals surface area contributed by atoms with Crippen molar-refractivity contribution in [2.45, 2.75) is 83.8 Å². The highest BCUT2D eigenvalue weighted by atomic mass is 15.2. The van der Waals surface area contributed by atoms with Gasteiger partial charge in [-0.05, 0) is 51.0 Å². The molecular weight excluding hydrogens is 220 g/mol. The molecule has 2 heteroatoms. The summed E-state index contributed by atoms with van der Waals surface area (Å²) in [7, 11) is 0. The van der Waals surface area contributed by atoms with Crippen LogP contribution >= 0.6 is 0 Å². The minimum atomic E-state index is 0.828. The molecule has 0 aliphatic carbocycles. The van der Waals surface area contributed by atoms with Crippen LogP contribution in [0.3, 0.4) is 0 Å². The van der Waals surface area contributed by atoms with Crippen LogP contribution in [0.15, 0.2) is 0 Å². The molecule has 0 aromatic heterocycles. The van der Waals surface area contributed by atoms with E-state index in [-0.39, 0.29) is 0 Å². The van der Waals surface area contributed by atoms with E-state index < -0.39 is 0 Å². The van der Waals surface area contributed by atoms with Gasteiger partial charge in [-0.25, -0.2) is 0 Å². The van der Waals surface area contributed by atoms with Crippen LogP contribution < -0.4 is 5.32 Å². The molecule has 2 heterocycles. The van der Waals surface area contributed by atoms with Gasteiger partial charge in [0.05, 0.1) is 0 Å². The normalized spacial score (nSPS) is 33.0. The Hall–Kier alpha value is -0.0800. The van der Waals surface area contributed by atoms with Gasteiger partial charge in [0.15, 0.2) is 0 Å². The maximum atomic E-state index is 3.77. The summed E-state index contributed by atoms with van der Waals surface area (Å²) in [6, 6.07) is 2.52. The fraction of sp³-hybridized carbons (Fsp3) is 1.00. The van der Waals surface area contributed by atoms with Crippen molar-refractivity contribution in [3.63, 3.8) is 0 Å². The van der Waals surface area contributed by atoms with Crippen LogP contribution in [0.5, 0.6) is 0 Å². The molecule has 2 aliphatic rings. The molecule has 106 valence electrons. The fourth-order valence-corrected chi connectivity index (χ4v) is 4.02. The third-order valence-corrected chi connectivity index (χ3v) is 4.80. The van der Waals surface area contributed by atoms with E-state index in [0.717, 1.165) is 24.0 Å². The van der Waals surface area contributed by atoms with Gasteiger partial charge >= 0.3 is 0 Å². The van der Waals surface area contributed by atoms with Gasteiger partial charge in [0, 0.05) is 24.7 Å². The number of hydrogen-bond donors (Lipinski definition) is 1. The lowest BCUT2D eigenvalue weighted by Crippen LogP contribution is -2.49. The summed E-state index contributed by atoms with van der Waals surface area (Å²) in [5.74, 6) is 0.870. The van der Waals surface area contributed by atoms with E-state index in [1.807, 2.05) is 0 Å². The predicted molar refractivity (Wildman–Crippen MR) is 78.9 cm³/mol. The van der Waals surface area contributed by atoms with Crippen molar-refractivity contribution in [1.82, 2.24) is 10.2 Å². The van der Waals surface area contributed by atoms with Crippen LogP contribution in [0, 0.1) is 5.92 Å². The lowest BCUT2D eigenvalue weighted by Gasteiger charge is -2.39. The Morgan fingerprint density at radius 3 is 2.33 bits per heavy atom. The SMILES string of the molecule is CCCC(C)CN(CCC)C1CC2CCC(C1)N2. The lowest BCUT2D eigenvalue weighted by molar-refractivity contribution is 0.122. The van der Waals surface area contributed by atoms with Crippen LogP contribution in [0.1, 0.15) is 65.7 Å². The van der Waals surface area contributed by atoms with E-state index in [4.69, 9.17) is 0 Å². The summed E-state index contributed by atoms with van der Waals surface area (Å²) >= 11 is 0. The summed E-state index contributed by atoms with van der Waals surface area (Å²) in [5, 5.41) is 3.77. The molecule has 2 nitrogen and oxygen atoms in total. The Bertz CT molecular complexity index is 229. The molecule has 0 aromatic rings. The lowest BCUT2D eigenvalue weighted by atomic mass is 9.96. The molecular formula is C16H32N2. The minimum absolute atomic E-state index is 0.828. The third kappa shape index (κ3) is 3.71. The molecule has 0 saturated carbocycles. The Labute approximate surface area is 114 Å². The summed E-state index contributed by atoms with van der Waals surface area (Å²) < 4.78 is 0. The number of piperidine rings is 1. The van der Waals surface area contributed by atoms with Crippen molar-refractivity contribution < 1.29 is 0 Å². The van der Waals surface area contributed by atoms with E-state index in [0.29, 0.717) is 0 Å². The molecule has 2 rings (SSSR count). The van der Waals surface area contributed by atoms with Crippen LogP contribution in [0.25, 0.3) is 0 Å². The van der Waals surface area contributed by atoms with Crippen LogP contribution in [0.4, 0.5) is 0 Å². The van der Waals surface area contributed by atoms with E-state index in [2.05, 4.69) is 31.0 Å². The average Bonchev–Trinajstić information content (AvgIpc) is 2.68. The molecule has 2 bridgehead atoms. The Kier molecular flexibility index (Phi) is 5.50. The predicted octanol–water partition coefficient (Wildman–Crippen LogP) is 3.42. The zero-order valence-corrected chi connectivity index (χ0v) is 12.6. The van der Waals surface area contributed by atoms with Gasteiger partial charge in [-0.3, -0.25) is 0 Å². The molecule has 1 N–H and O–H groups in total. The number of fused-ring (bicyclic) bond motifs is 2. The topological polar surface area (TPSA) is 15.3 Å². The van der Waals surface area contributed by atoms with Gasteiger partial charge in [-0.15, -0.1) is 0 Å². The first-order chi connectivity index (χ1) is 8.72. The van der Waals surface area contributed by atoms with Gasteiger partial charge in [-0.2, -0.15) is 0 Å². The maximum absolute atomic E-state index is 3.77. The summed E-state index contributed by atoms with van der Waals surface area (Å²) in [6.45, 7) is 9.70. The summed E-state index contributed by atoms with van der Waals surface area (Å²) in [6.07, 6.45) is 9.66. The Morgan fingerprint density at radius 1 is 1.11 bits per heavy atom. The second-order valence-corrected chi connectivity index (χ2v) is 6.65. The molecule has 3 unspecified atom stereocenters. The molecule has 0 aromatic carbocycles. The average molecular weight is 252 g/mol. The number of nitrogens with zero attached hydrogens (tertiary/aromatic N) is 1. The van der Waals surface area contributed by atoms with E-state index in [9.17, 15) is 0 Å². The molecule has 2 saturated heterocycles. The third-order valence-electron chi connectivity index (χ3n) is 4.80. The first kappa shape index (κ1) is 14.3. The quantitative estimate of drug-likeness (QED) is 0.747. The minimum Gasteiger partial charge on any atom is -0.311 e. The summed E-state index contributed by atoms with van der Waals surface area (Å²) in [4.78, 5) is 2.81. The molecule has 2 fully saturated rings. The van der Waals surface area contributed by atoms with Crippen LogP contribution in [-0.4, -0.2) is 36.1 Å². The molecule has 2 aliphatic heterocycles. The first-order valence-electron chi connectivity index (χ1n) is 8.23. The van der Waals surface area contributed by atoms with Crippen molar-refractivity contribution in [2.75, 3.05) is 13.1 Å². The van der Waals surface area contributed by atoms with Crippen LogP contribution in [-0.2, 0) is 0 Å². The Balaban J connectivity index is 1.88. The van der Waals surface area contributed by atoms with E-state index >= 15 is 0 Å². The summed E-state index contributed by atoms with van der Waals surface area (Å²) in [5.41, 5.74) is 0. The number of hydrogen-bond acceptors (Lipinski definition) is 2. The van der Waals surface area contributed by atoms with Crippen molar-refractivity contribution in [3.05, 3.63) is 0 Å². The molecule has 0 amide bonds. The van der Waals surface area contributed by atoms with Gasteiger partial charge in [0.2, 0.25) is 0 Å². The van der Waals surface area contributed by atoms with Crippen molar-refractivity contribution in [2.24, 2.45) is 5.92 Å². The molecule has 0 spiro atoms. The largest absolute Gasteiger partial charge is 0.311 e. The number of rotatable bonds is 7. The second-order valence-electron chi connectivity index (χ2n) is 6.65. The fourth-order valence-electron chi connectivity index (χ4n) is 4.02. The van der Waals surface area contributed by atoms with E-state index in [1.54, 1.807) is 0 Å². The zero-order chi connectivity index (χ0) is 13.0. The first-order valence-corrected chi connectivity index (χ1v) is 8.23. The van der Waals surface area contributed by atoms with Gasteiger partial charge in [0.25, 0.3) is 0 Å². The highest BCUT2D eigenvalue weighted by Gasteiger charge is 2.35. The van der Waals surface area contributed by atoms with Crippen molar-refractivity contribution in [1.29, 1.82) is 0 Å². The maximum Gasteiger partial charge on any atom is 0.0125 e. The molecule has 3 atom stereocenters. The zero-order valence-electron chi connectivity index (χ0n) is 12.6.